The standard InChI is InChI=1S/C13H18N2S2/c1-4-6-14-11(12-9(2)5-7-16-12)13-15-10(3)8-17-13/h5,7-8,11,14H,4,6H2,1-3H3. The Morgan fingerprint density at radius 1 is 1.35 bits per heavy atom. The van der Waals surface area contributed by atoms with Crippen molar-refractivity contribution in [1.29, 1.82) is 0 Å². The molecule has 2 heterocycles. The minimum Gasteiger partial charge on any atom is -0.304 e. The van der Waals surface area contributed by atoms with E-state index in [4.69, 9.17) is 0 Å². The molecular formula is C13H18N2S2. The molecule has 0 amide bonds. The highest BCUT2D eigenvalue weighted by atomic mass is 32.1. The fourth-order valence-electron chi connectivity index (χ4n) is 1.77. The highest BCUT2D eigenvalue weighted by molar-refractivity contribution is 7.11. The van der Waals surface area contributed by atoms with Gasteiger partial charge in [0, 0.05) is 16.0 Å². The van der Waals surface area contributed by atoms with Gasteiger partial charge in [-0.1, -0.05) is 6.92 Å². The van der Waals surface area contributed by atoms with E-state index in [0.717, 1.165) is 18.7 Å². The van der Waals surface area contributed by atoms with Gasteiger partial charge in [-0.25, -0.2) is 4.98 Å². The van der Waals surface area contributed by atoms with E-state index in [9.17, 15) is 0 Å². The largest absolute Gasteiger partial charge is 0.304 e. The lowest BCUT2D eigenvalue weighted by molar-refractivity contribution is 0.600. The molecule has 0 aromatic carbocycles. The number of hydrogen-bond acceptors (Lipinski definition) is 4. The number of nitrogens with zero attached hydrogens (tertiary/aromatic N) is 1. The van der Waals surface area contributed by atoms with E-state index in [0.29, 0.717) is 0 Å². The zero-order valence-electron chi connectivity index (χ0n) is 10.5. The Bertz CT molecular complexity index is 473. The number of aryl methyl sites for hydroxylation is 2. The molecule has 2 aromatic heterocycles. The Hall–Kier alpha value is -0.710. The molecule has 92 valence electrons. The SMILES string of the molecule is CCCNC(c1nc(C)cs1)c1sccc1C. The third-order valence-corrected chi connectivity index (χ3v) is 4.76. The lowest BCUT2D eigenvalue weighted by atomic mass is 10.1. The van der Waals surface area contributed by atoms with E-state index in [1.54, 1.807) is 11.3 Å². The van der Waals surface area contributed by atoms with E-state index in [1.165, 1.54) is 15.4 Å². The monoisotopic (exact) mass is 266 g/mol. The summed E-state index contributed by atoms with van der Waals surface area (Å²) in [5, 5.41) is 9.06. The van der Waals surface area contributed by atoms with Gasteiger partial charge < -0.3 is 5.32 Å². The van der Waals surface area contributed by atoms with Gasteiger partial charge in [-0.3, -0.25) is 0 Å². The van der Waals surface area contributed by atoms with Gasteiger partial charge in [0.05, 0.1) is 6.04 Å². The molecule has 1 N–H and O–H groups in total. The van der Waals surface area contributed by atoms with Crippen LogP contribution in [0.1, 0.15) is 40.5 Å². The van der Waals surface area contributed by atoms with Crippen LogP contribution in [0, 0.1) is 13.8 Å². The molecule has 0 aliphatic rings. The normalized spacial score (nSPS) is 12.9. The van der Waals surface area contributed by atoms with Crippen LogP contribution in [0.25, 0.3) is 0 Å². The maximum Gasteiger partial charge on any atom is 0.115 e. The molecule has 1 unspecified atom stereocenters. The van der Waals surface area contributed by atoms with Gasteiger partial charge in [-0.05, 0) is 43.8 Å². The first-order valence-corrected chi connectivity index (χ1v) is 7.67. The molecule has 0 saturated heterocycles. The van der Waals surface area contributed by atoms with Crippen LogP contribution in [-0.4, -0.2) is 11.5 Å². The zero-order chi connectivity index (χ0) is 12.3. The number of thiophene rings is 1. The average molecular weight is 266 g/mol. The van der Waals surface area contributed by atoms with Crippen molar-refractivity contribution in [2.45, 2.75) is 33.2 Å². The first kappa shape index (κ1) is 12.7. The summed E-state index contributed by atoms with van der Waals surface area (Å²) in [5.74, 6) is 0. The fraction of sp³-hybridized carbons (Fsp3) is 0.462. The molecule has 0 spiro atoms. The van der Waals surface area contributed by atoms with Crippen molar-refractivity contribution >= 4 is 22.7 Å². The van der Waals surface area contributed by atoms with Crippen molar-refractivity contribution in [3.8, 4) is 0 Å². The molecule has 0 aliphatic carbocycles. The molecule has 0 aliphatic heterocycles. The van der Waals surface area contributed by atoms with Gasteiger partial charge in [-0.15, -0.1) is 22.7 Å². The summed E-state index contributed by atoms with van der Waals surface area (Å²) in [6.07, 6.45) is 1.14. The van der Waals surface area contributed by atoms with Gasteiger partial charge in [0.15, 0.2) is 0 Å². The van der Waals surface area contributed by atoms with Gasteiger partial charge in [0.25, 0.3) is 0 Å². The van der Waals surface area contributed by atoms with Gasteiger partial charge >= 0.3 is 0 Å². The maximum absolute atomic E-state index is 4.62. The minimum atomic E-state index is 0.272. The third-order valence-electron chi connectivity index (χ3n) is 2.65. The van der Waals surface area contributed by atoms with Crippen molar-refractivity contribution in [2.24, 2.45) is 0 Å². The summed E-state index contributed by atoms with van der Waals surface area (Å²) in [6, 6.07) is 2.45. The van der Waals surface area contributed by atoms with Crippen LogP contribution in [0.4, 0.5) is 0 Å². The van der Waals surface area contributed by atoms with Crippen molar-refractivity contribution in [3.05, 3.63) is 38.0 Å². The van der Waals surface area contributed by atoms with Crippen LogP contribution in [0.2, 0.25) is 0 Å². The smallest absolute Gasteiger partial charge is 0.115 e. The minimum absolute atomic E-state index is 0.272. The van der Waals surface area contributed by atoms with Gasteiger partial charge in [0.2, 0.25) is 0 Å². The topological polar surface area (TPSA) is 24.9 Å². The molecule has 0 bridgehead atoms. The Morgan fingerprint density at radius 2 is 2.18 bits per heavy atom. The molecule has 2 nitrogen and oxygen atoms in total. The zero-order valence-corrected chi connectivity index (χ0v) is 12.1. The van der Waals surface area contributed by atoms with Crippen LogP contribution < -0.4 is 5.32 Å². The molecule has 0 saturated carbocycles. The van der Waals surface area contributed by atoms with Crippen LogP contribution in [0.15, 0.2) is 16.8 Å². The Morgan fingerprint density at radius 3 is 2.71 bits per heavy atom. The maximum atomic E-state index is 4.62. The predicted octanol–water partition coefficient (Wildman–Crippen LogP) is 3.91. The number of aromatic nitrogens is 1. The number of hydrogen-bond donors (Lipinski definition) is 1. The molecule has 0 fully saturated rings. The van der Waals surface area contributed by atoms with Crippen LogP contribution in [0.3, 0.4) is 0 Å². The van der Waals surface area contributed by atoms with E-state index >= 15 is 0 Å². The molecule has 0 radical (unpaired) electrons. The third kappa shape index (κ3) is 2.94. The van der Waals surface area contributed by atoms with Crippen molar-refractivity contribution < 1.29 is 0 Å². The van der Waals surface area contributed by atoms with Crippen molar-refractivity contribution in [1.82, 2.24) is 10.3 Å². The van der Waals surface area contributed by atoms with E-state index in [-0.39, 0.29) is 6.04 Å². The molecule has 2 rings (SSSR count). The molecule has 17 heavy (non-hydrogen) atoms. The predicted molar refractivity (Wildman–Crippen MR) is 76.0 cm³/mol. The summed E-state index contributed by atoms with van der Waals surface area (Å²) in [5.41, 5.74) is 2.47. The van der Waals surface area contributed by atoms with Crippen molar-refractivity contribution in [2.75, 3.05) is 6.54 Å². The number of nitrogens with one attached hydrogen (secondary N) is 1. The van der Waals surface area contributed by atoms with E-state index in [1.807, 2.05) is 11.3 Å². The van der Waals surface area contributed by atoms with Crippen molar-refractivity contribution in [3.63, 3.8) is 0 Å². The molecule has 2 aromatic rings. The Kier molecular flexibility index (Phi) is 4.31. The van der Waals surface area contributed by atoms with Crippen LogP contribution in [0.5, 0.6) is 0 Å². The average Bonchev–Trinajstić information content (AvgIpc) is 2.90. The quantitative estimate of drug-likeness (QED) is 0.887. The summed E-state index contributed by atoms with van der Waals surface area (Å²) in [4.78, 5) is 6.02. The van der Waals surface area contributed by atoms with E-state index in [2.05, 4.69) is 47.9 Å². The lowest BCUT2D eigenvalue weighted by Crippen LogP contribution is -2.22. The van der Waals surface area contributed by atoms with Gasteiger partial charge in [0.1, 0.15) is 5.01 Å². The second kappa shape index (κ2) is 5.76. The summed E-state index contributed by atoms with van der Waals surface area (Å²) >= 11 is 3.56. The summed E-state index contributed by atoms with van der Waals surface area (Å²) in [6.45, 7) is 7.45. The van der Waals surface area contributed by atoms with Crippen LogP contribution >= 0.6 is 22.7 Å². The first-order valence-electron chi connectivity index (χ1n) is 5.91. The molecular weight excluding hydrogens is 248 g/mol. The second-order valence-electron chi connectivity index (χ2n) is 4.18. The Balaban J connectivity index is 2.28. The number of thiazole rings is 1. The van der Waals surface area contributed by atoms with Crippen LogP contribution in [-0.2, 0) is 0 Å². The molecule has 4 heteroatoms. The van der Waals surface area contributed by atoms with Gasteiger partial charge in [-0.2, -0.15) is 0 Å². The lowest BCUT2D eigenvalue weighted by Gasteiger charge is -2.15. The Labute approximate surface area is 111 Å². The van der Waals surface area contributed by atoms with E-state index < -0.39 is 0 Å². The number of rotatable bonds is 5. The first-order chi connectivity index (χ1) is 8.22. The molecule has 1 atom stereocenters. The summed E-state index contributed by atoms with van der Waals surface area (Å²) in [7, 11) is 0. The second-order valence-corrected chi connectivity index (χ2v) is 6.02. The summed E-state index contributed by atoms with van der Waals surface area (Å²) < 4.78 is 0. The highest BCUT2D eigenvalue weighted by Crippen LogP contribution is 2.31. The fourth-order valence-corrected chi connectivity index (χ4v) is 3.72. The highest BCUT2D eigenvalue weighted by Gasteiger charge is 2.19.